The number of halogens is 2. The van der Waals surface area contributed by atoms with Gasteiger partial charge in [-0.3, -0.25) is 0 Å². The summed E-state index contributed by atoms with van der Waals surface area (Å²) >= 11 is 9.60. The van der Waals surface area contributed by atoms with Crippen molar-refractivity contribution in [3.63, 3.8) is 0 Å². The first-order valence-electron chi connectivity index (χ1n) is 20.7. The SMILES string of the molecule is CCCCC(CC)Cc1cc(CP(Br)(c2ccccc2)(c2ccccc2)c2ccccc2)c(OC)cc1CP(Br)(c1ccccc1)(c1ccccc1)c1ccccc1. The van der Waals surface area contributed by atoms with Crippen LogP contribution >= 0.6 is 41.6 Å². The number of hydrogen-bond donors (Lipinski definition) is 0. The number of ether oxygens (including phenoxy) is 1. The molecule has 0 spiro atoms. The molecule has 0 heterocycles. The van der Waals surface area contributed by atoms with Crippen molar-refractivity contribution in [2.24, 2.45) is 5.92 Å². The van der Waals surface area contributed by atoms with Gasteiger partial charge >= 0.3 is 366 Å². The molecular weight excluding hydrogens is 874 g/mol. The van der Waals surface area contributed by atoms with Crippen LogP contribution < -0.4 is 36.6 Å². The average Bonchev–Trinajstić information content (AvgIpc) is 3.30. The minimum atomic E-state index is -3.34. The van der Waals surface area contributed by atoms with E-state index < -0.39 is 10.6 Å². The van der Waals surface area contributed by atoms with Crippen LogP contribution in [0.1, 0.15) is 56.2 Å². The van der Waals surface area contributed by atoms with E-state index in [2.05, 4.69) is 208 Å². The van der Waals surface area contributed by atoms with Crippen molar-refractivity contribution in [2.45, 2.75) is 58.3 Å². The molecule has 0 aromatic heterocycles. The van der Waals surface area contributed by atoms with Crippen LogP contribution in [0.15, 0.2) is 194 Å². The van der Waals surface area contributed by atoms with Gasteiger partial charge in [0, 0.05) is 0 Å². The summed E-state index contributed by atoms with van der Waals surface area (Å²) in [5.74, 6) is 1.51. The van der Waals surface area contributed by atoms with Gasteiger partial charge in [0.25, 0.3) is 0 Å². The third-order valence-corrected chi connectivity index (χ3v) is 31.4. The maximum absolute atomic E-state index is 6.60. The van der Waals surface area contributed by atoms with Gasteiger partial charge in [0.2, 0.25) is 0 Å². The molecule has 7 aromatic carbocycles. The van der Waals surface area contributed by atoms with E-state index in [1.807, 2.05) is 7.11 Å². The van der Waals surface area contributed by atoms with Crippen LogP contribution in [-0.4, -0.2) is 7.11 Å². The van der Waals surface area contributed by atoms with Crippen molar-refractivity contribution >= 4 is 73.4 Å². The standard InChI is InChI=1S/C53H56Br2OP2/c1-4-6-25-43(5-2)38-44-39-46(42-58(55,50-32-19-10-20-33-50,51-34-21-11-22-35-51)52-36-23-12-24-37-52)53(56-3)40-45(44)41-57(54,47-26-13-7-14-27-47,48-28-15-8-16-29-48)49-30-17-9-18-31-49/h7-24,26-37,39-40,43H,4-6,25,38,41-42H2,1-3H3. The third-order valence-electron chi connectivity index (χ3n) is 12.4. The molecule has 0 saturated carbocycles. The van der Waals surface area contributed by atoms with Gasteiger partial charge in [0.1, 0.15) is 0 Å². The normalized spacial score (nSPS) is 13.7. The molecule has 0 aliphatic heterocycles. The predicted molar refractivity (Wildman–Crippen MR) is 266 cm³/mol. The molecule has 0 aliphatic rings. The van der Waals surface area contributed by atoms with Crippen LogP contribution in [0.25, 0.3) is 0 Å². The molecule has 1 atom stereocenters. The molecule has 1 nitrogen and oxygen atoms in total. The van der Waals surface area contributed by atoms with Gasteiger partial charge in [-0.1, -0.05) is 0 Å². The van der Waals surface area contributed by atoms with Gasteiger partial charge in [0.05, 0.1) is 0 Å². The molecule has 7 aromatic rings. The van der Waals surface area contributed by atoms with Gasteiger partial charge in [-0.25, -0.2) is 0 Å². The maximum atomic E-state index is 6.60. The Morgan fingerprint density at radius 1 is 0.448 bits per heavy atom. The Morgan fingerprint density at radius 3 is 1.07 bits per heavy atom. The van der Waals surface area contributed by atoms with Gasteiger partial charge in [-0.05, 0) is 0 Å². The Kier molecular flexibility index (Phi) is 13.3. The van der Waals surface area contributed by atoms with Crippen molar-refractivity contribution in [1.29, 1.82) is 0 Å². The summed E-state index contributed by atoms with van der Waals surface area (Å²) in [6, 6.07) is 72.0. The summed E-state index contributed by atoms with van der Waals surface area (Å²) in [6.45, 7) is 4.69. The zero-order chi connectivity index (χ0) is 40.5. The molecule has 0 aliphatic carbocycles. The average molecular weight is 931 g/mol. The summed E-state index contributed by atoms with van der Waals surface area (Å²) in [4.78, 5) is 0. The van der Waals surface area contributed by atoms with Crippen molar-refractivity contribution in [2.75, 3.05) is 7.11 Å². The Morgan fingerprint density at radius 2 is 0.776 bits per heavy atom. The monoisotopic (exact) mass is 928 g/mol. The van der Waals surface area contributed by atoms with E-state index in [0.717, 1.165) is 30.9 Å². The zero-order valence-corrected chi connectivity index (χ0v) is 39.0. The molecule has 0 amide bonds. The first kappa shape index (κ1) is 42.3. The van der Waals surface area contributed by atoms with Crippen LogP contribution in [0.5, 0.6) is 5.75 Å². The van der Waals surface area contributed by atoms with Crippen molar-refractivity contribution < 1.29 is 4.74 Å². The quantitative estimate of drug-likeness (QED) is 0.0827. The Bertz CT molecular complexity index is 2180. The van der Waals surface area contributed by atoms with E-state index in [4.69, 9.17) is 35.7 Å². The molecule has 0 fully saturated rings. The van der Waals surface area contributed by atoms with E-state index in [1.54, 1.807) is 0 Å². The molecular formula is C53H56Br2OP2. The number of hydrogen-bond acceptors (Lipinski definition) is 1. The van der Waals surface area contributed by atoms with Gasteiger partial charge in [-0.2, -0.15) is 0 Å². The van der Waals surface area contributed by atoms with Crippen LogP contribution in [0.2, 0.25) is 0 Å². The second kappa shape index (κ2) is 18.2. The predicted octanol–water partition coefficient (Wildman–Crippen LogP) is 13.1. The van der Waals surface area contributed by atoms with Crippen molar-refractivity contribution in [1.82, 2.24) is 0 Å². The van der Waals surface area contributed by atoms with E-state index in [9.17, 15) is 0 Å². The molecule has 0 radical (unpaired) electrons. The summed E-state index contributed by atoms with van der Waals surface area (Å²) in [5, 5.41) is 1.18. The molecule has 1 unspecified atom stereocenters. The number of methoxy groups -OCH3 is 1. The molecule has 0 bridgehead atoms. The fraction of sp³-hybridized carbons (Fsp3) is 0.208. The molecule has 58 heavy (non-hydrogen) atoms. The van der Waals surface area contributed by atoms with E-state index in [1.165, 1.54) is 67.8 Å². The Labute approximate surface area is 363 Å². The summed E-state index contributed by atoms with van der Waals surface area (Å²) < 4.78 is 6.60. The molecule has 7 rings (SSSR count). The van der Waals surface area contributed by atoms with Crippen LogP contribution in [-0.2, 0) is 18.7 Å². The fourth-order valence-corrected chi connectivity index (χ4v) is 24.5. The van der Waals surface area contributed by atoms with E-state index in [0.29, 0.717) is 5.92 Å². The third kappa shape index (κ3) is 7.82. The summed E-state index contributed by atoms with van der Waals surface area (Å²) in [5.41, 5.74) is 3.99. The van der Waals surface area contributed by atoms with Gasteiger partial charge in [-0.15, -0.1) is 0 Å². The fourth-order valence-electron chi connectivity index (χ4n) is 9.14. The second-order valence-corrected chi connectivity index (χ2v) is 33.6. The Hall–Kier alpha value is -3.84. The zero-order valence-electron chi connectivity index (χ0n) is 34.1. The second-order valence-electron chi connectivity index (χ2n) is 15.7. The topological polar surface area (TPSA) is 9.23 Å². The number of unbranched alkanes of at least 4 members (excludes halogenated alkanes) is 1. The summed E-state index contributed by atoms with van der Waals surface area (Å²) in [7, 11) is 1.86. The van der Waals surface area contributed by atoms with Gasteiger partial charge in [0.15, 0.2) is 0 Å². The molecule has 5 heteroatoms. The van der Waals surface area contributed by atoms with Crippen LogP contribution in [0.4, 0.5) is 0 Å². The minimum absolute atomic E-state index is 0.572. The van der Waals surface area contributed by atoms with Gasteiger partial charge < -0.3 is 0 Å². The first-order chi connectivity index (χ1) is 28.3. The van der Waals surface area contributed by atoms with Crippen molar-refractivity contribution in [3.05, 3.63) is 211 Å². The van der Waals surface area contributed by atoms with Crippen LogP contribution in [0, 0.1) is 5.92 Å². The molecule has 298 valence electrons. The number of benzene rings is 7. The van der Waals surface area contributed by atoms with E-state index in [-0.39, 0.29) is 0 Å². The van der Waals surface area contributed by atoms with Crippen molar-refractivity contribution in [3.8, 4) is 5.75 Å². The Balaban J connectivity index is 1.53. The number of rotatable bonds is 17. The van der Waals surface area contributed by atoms with Crippen LogP contribution in [0.3, 0.4) is 0 Å². The summed E-state index contributed by atoms with van der Waals surface area (Å²) in [6.07, 6.45) is 7.40. The van der Waals surface area contributed by atoms with E-state index >= 15 is 0 Å². The molecule has 0 saturated heterocycles. The molecule has 0 N–H and O–H groups in total. The first-order valence-corrected chi connectivity index (χ1v) is 29.6.